The molecular formula is C30H28N2O2S. The van der Waals surface area contributed by atoms with E-state index in [9.17, 15) is 9.59 Å². The second-order valence-electron chi connectivity index (χ2n) is 8.64. The van der Waals surface area contributed by atoms with Crippen molar-refractivity contribution in [2.45, 2.75) is 0 Å². The van der Waals surface area contributed by atoms with E-state index < -0.39 is 0 Å². The third kappa shape index (κ3) is 5.42. The summed E-state index contributed by atoms with van der Waals surface area (Å²) < 4.78 is 2.11. The van der Waals surface area contributed by atoms with Crippen LogP contribution in [0.3, 0.4) is 0 Å². The molecule has 0 atom stereocenters. The van der Waals surface area contributed by atoms with Gasteiger partial charge in [0, 0.05) is 70.9 Å². The first-order valence-electron chi connectivity index (χ1n) is 11.3. The summed E-state index contributed by atoms with van der Waals surface area (Å²) in [7, 11) is 7.93. The molecule has 0 aliphatic carbocycles. The first-order valence-corrected chi connectivity index (χ1v) is 12.2. The third-order valence-electron chi connectivity index (χ3n) is 5.78. The Hall–Kier alpha value is -3.96. The van der Waals surface area contributed by atoms with Gasteiger partial charge in [0.2, 0.25) is 0 Å². The molecule has 0 aliphatic heterocycles. The molecule has 0 fully saturated rings. The average Bonchev–Trinajstić information content (AvgIpc) is 2.89. The van der Waals surface area contributed by atoms with Gasteiger partial charge in [-0.05, 0) is 72.8 Å². The first-order chi connectivity index (χ1) is 16.8. The zero-order valence-corrected chi connectivity index (χ0v) is 21.2. The van der Waals surface area contributed by atoms with Crippen LogP contribution < -0.4 is 15.2 Å². The molecule has 0 radical (unpaired) electrons. The molecule has 0 amide bonds. The molecule has 5 heteroatoms. The largest absolute Gasteiger partial charge is 0.378 e. The number of anilines is 2. The fourth-order valence-electron chi connectivity index (χ4n) is 3.74. The molecule has 1 aromatic heterocycles. The number of rotatable bonds is 4. The summed E-state index contributed by atoms with van der Waals surface area (Å²) in [5.41, 5.74) is 3.75. The van der Waals surface area contributed by atoms with Crippen molar-refractivity contribution in [3.63, 3.8) is 0 Å². The maximum Gasteiger partial charge on any atom is 0.195 e. The number of carbonyl (C=O) groups is 1. The summed E-state index contributed by atoms with van der Waals surface area (Å²) in [5.74, 6) is 0.0561. The fourth-order valence-corrected chi connectivity index (χ4v) is 4.81. The lowest BCUT2D eigenvalue weighted by atomic mass is 10.0. The van der Waals surface area contributed by atoms with Gasteiger partial charge in [-0.25, -0.2) is 0 Å². The van der Waals surface area contributed by atoms with Gasteiger partial charge in [0.25, 0.3) is 0 Å². The van der Waals surface area contributed by atoms with Gasteiger partial charge in [-0.1, -0.05) is 24.3 Å². The fraction of sp³-hybridized carbons (Fsp3) is 0.133. The SMILES string of the molecule is CN(C)c1ccc(C(=O)c2ccc(N(C)C)cc2)cc1.O=c1c2ccccc2sc2ccccc12. The maximum absolute atomic E-state index is 12.4. The number of hydrogen-bond acceptors (Lipinski definition) is 5. The van der Waals surface area contributed by atoms with Crippen molar-refractivity contribution in [3.05, 3.63) is 118 Å². The van der Waals surface area contributed by atoms with Crippen LogP contribution in [0.5, 0.6) is 0 Å². The molecule has 0 N–H and O–H groups in total. The Morgan fingerprint density at radius 3 is 1.31 bits per heavy atom. The van der Waals surface area contributed by atoms with Gasteiger partial charge < -0.3 is 9.80 Å². The monoisotopic (exact) mass is 480 g/mol. The molecule has 0 saturated heterocycles. The van der Waals surface area contributed by atoms with E-state index in [1.165, 1.54) is 0 Å². The summed E-state index contributed by atoms with van der Waals surface area (Å²) in [4.78, 5) is 28.5. The Balaban J connectivity index is 0.000000171. The van der Waals surface area contributed by atoms with Crippen molar-refractivity contribution >= 4 is 48.7 Å². The minimum atomic E-state index is 0.0561. The van der Waals surface area contributed by atoms with E-state index >= 15 is 0 Å². The standard InChI is InChI=1S/C17H20N2O.C13H8OS/c1-18(2)15-9-5-13(6-10-15)17(20)14-7-11-16(12-8-14)19(3)4;14-13-9-5-1-3-7-11(9)15-12-8-4-2-6-10(12)13/h5-12H,1-4H3;1-8H. The van der Waals surface area contributed by atoms with Gasteiger partial charge >= 0.3 is 0 Å². The summed E-state index contributed by atoms with van der Waals surface area (Å²) in [6.45, 7) is 0. The van der Waals surface area contributed by atoms with Gasteiger partial charge in [0.05, 0.1) is 0 Å². The number of nitrogens with zero attached hydrogens (tertiary/aromatic N) is 2. The summed E-state index contributed by atoms with van der Waals surface area (Å²) in [6.07, 6.45) is 0. The Kier molecular flexibility index (Phi) is 7.28. The van der Waals surface area contributed by atoms with Gasteiger partial charge in [0.1, 0.15) is 0 Å². The highest BCUT2D eigenvalue weighted by Gasteiger charge is 2.09. The predicted octanol–water partition coefficient (Wildman–Crippen LogP) is 6.46. The van der Waals surface area contributed by atoms with Gasteiger partial charge in [-0.3, -0.25) is 9.59 Å². The Labute approximate surface area is 209 Å². The van der Waals surface area contributed by atoms with E-state index in [2.05, 4.69) is 0 Å². The Bertz CT molecular complexity index is 1410. The van der Waals surface area contributed by atoms with E-state index in [1.54, 1.807) is 11.3 Å². The molecule has 4 nitrogen and oxygen atoms in total. The lowest BCUT2D eigenvalue weighted by molar-refractivity contribution is 0.103. The minimum Gasteiger partial charge on any atom is -0.378 e. The van der Waals surface area contributed by atoms with Gasteiger partial charge in [0.15, 0.2) is 11.2 Å². The first kappa shape index (κ1) is 24.2. The van der Waals surface area contributed by atoms with Crippen LogP contribution in [0.4, 0.5) is 11.4 Å². The van der Waals surface area contributed by atoms with E-state index in [4.69, 9.17) is 0 Å². The highest BCUT2D eigenvalue weighted by molar-refractivity contribution is 7.24. The van der Waals surface area contributed by atoms with Crippen molar-refractivity contribution in [2.75, 3.05) is 38.0 Å². The number of ketones is 1. The van der Waals surface area contributed by atoms with E-state index in [0.717, 1.165) is 31.5 Å². The molecule has 0 spiro atoms. The minimum absolute atomic E-state index is 0.0561. The maximum atomic E-state index is 12.4. The van der Waals surface area contributed by atoms with Gasteiger partial charge in [-0.2, -0.15) is 0 Å². The Morgan fingerprint density at radius 2 is 0.943 bits per heavy atom. The van der Waals surface area contributed by atoms with E-state index in [-0.39, 0.29) is 11.2 Å². The molecule has 5 aromatic rings. The number of benzene rings is 4. The quantitative estimate of drug-likeness (QED) is 0.219. The van der Waals surface area contributed by atoms with Crippen LogP contribution in [0.1, 0.15) is 15.9 Å². The van der Waals surface area contributed by atoms with Crippen LogP contribution in [0.25, 0.3) is 20.2 Å². The Morgan fingerprint density at radius 1 is 0.571 bits per heavy atom. The molecule has 176 valence electrons. The zero-order valence-electron chi connectivity index (χ0n) is 20.4. The van der Waals surface area contributed by atoms with Crippen LogP contribution in [0.15, 0.2) is 102 Å². The highest BCUT2D eigenvalue weighted by Crippen LogP contribution is 2.23. The van der Waals surface area contributed by atoms with Crippen LogP contribution in [0, 0.1) is 0 Å². The summed E-state index contributed by atoms with van der Waals surface area (Å²) in [5, 5.41) is 1.64. The van der Waals surface area contributed by atoms with Crippen molar-refractivity contribution in [2.24, 2.45) is 0 Å². The number of carbonyl (C=O) groups excluding carboxylic acids is 1. The molecule has 0 bridgehead atoms. The zero-order chi connectivity index (χ0) is 24.9. The van der Waals surface area contributed by atoms with Crippen molar-refractivity contribution in [1.29, 1.82) is 0 Å². The molecule has 5 rings (SSSR count). The molecule has 4 aromatic carbocycles. The third-order valence-corrected chi connectivity index (χ3v) is 6.93. The average molecular weight is 481 g/mol. The topological polar surface area (TPSA) is 40.6 Å². The van der Waals surface area contributed by atoms with Crippen molar-refractivity contribution in [3.8, 4) is 0 Å². The normalized spacial score (nSPS) is 10.5. The molecular weight excluding hydrogens is 452 g/mol. The second kappa shape index (κ2) is 10.5. The van der Waals surface area contributed by atoms with Crippen molar-refractivity contribution in [1.82, 2.24) is 0 Å². The van der Waals surface area contributed by atoms with Crippen LogP contribution >= 0.6 is 11.3 Å². The summed E-state index contributed by atoms with van der Waals surface area (Å²) >= 11 is 1.67. The smallest absolute Gasteiger partial charge is 0.195 e. The molecule has 0 saturated carbocycles. The molecule has 35 heavy (non-hydrogen) atoms. The summed E-state index contributed by atoms with van der Waals surface area (Å²) in [6, 6.07) is 30.8. The second-order valence-corrected chi connectivity index (χ2v) is 9.72. The van der Waals surface area contributed by atoms with E-state index in [1.807, 2.05) is 135 Å². The van der Waals surface area contributed by atoms with Crippen LogP contribution in [-0.2, 0) is 0 Å². The van der Waals surface area contributed by atoms with E-state index in [0.29, 0.717) is 11.1 Å². The molecule has 1 heterocycles. The highest BCUT2D eigenvalue weighted by atomic mass is 32.1. The number of hydrogen-bond donors (Lipinski definition) is 0. The molecule has 0 unspecified atom stereocenters. The van der Waals surface area contributed by atoms with Crippen LogP contribution in [0.2, 0.25) is 0 Å². The lowest BCUT2D eigenvalue weighted by Gasteiger charge is -2.13. The van der Waals surface area contributed by atoms with Crippen molar-refractivity contribution < 1.29 is 4.79 Å². The molecule has 0 aliphatic rings. The van der Waals surface area contributed by atoms with Gasteiger partial charge in [-0.15, -0.1) is 11.3 Å². The number of fused-ring (bicyclic) bond motifs is 2. The van der Waals surface area contributed by atoms with Crippen LogP contribution in [-0.4, -0.2) is 34.0 Å². The predicted molar refractivity (Wildman–Crippen MR) is 151 cm³/mol. The lowest BCUT2D eigenvalue weighted by Crippen LogP contribution is -2.10.